The quantitative estimate of drug-likeness (QED) is 0.802. The molecule has 1 aliphatic carbocycles. The van der Waals surface area contributed by atoms with E-state index in [0.717, 1.165) is 19.4 Å². The van der Waals surface area contributed by atoms with Gasteiger partial charge in [0.1, 0.15) is 0 Å². The Morgan fingerprint density at radius 2 is 2.27 bits per heavy atom. The number of aromatic nitrogens is 1. The summed E-state index contributed by atoms with van der Waals surface area (Å²) in [6, 6.07) is 3.37. The van der Waals surface area contributed by atoms with Gasteiger partial charge in [-0.15, -0.1) is 0 Å². The molecule has 4 heteroatoms. The third kappa shape index (κ3) is 2.09. The van der Waals surface area contributed by atoms with E-state index in [0.29, 0.717) is 11.6 Å². The van der Waals surface area contributed by atoms with Gasteiger partial charge in [-0.3, -0.25) is 9.59 Å². The molecule has 1 N–H and O–H groups in total. The Kier molecular flexibility index (Phi) is 2.58. The molecule has 80 valence electrons. The molecule has 1 amide bonds. The first-order chi connectivity index (χ1) is 7.22. The summed E-state index contributed by atoms with van der Waals surface area (Å²) >= 11 is 0. The fraction of sp³-hybridized carbons (Fsp3) is 0.455. The van der Waals surface area contributed by atoms with Gasteiger partial charge in [-0.25, -0.2) is 0 Å². The number of carbonyl (C=O) groups is 1. The van der Waals surface area contributed by atoms with Gasteiger partial charge < -0.3 is 9.88 Å². The minimum absolute atomic E-state index is 0.0104. The van der Waals surface area contributed by atoms with E-state index in [-0.39, 0.29) is 11.5 Å². The van der Waals surface area contributed by atoms with Crippen LogP contribution in [0, 0.1) is 0 Å². The molecule has 1 aliphatic rings. The van der Waals surface area contributed by atoms with Crippen molar-refractivity contribution >= 4 is 5.91 Å². The number of rotatable bonds is 3. The van der Waals surface area contributed by atoms with Crippen molar-refractivity contribution in [2.24, 2.45) is 0 Å². The summed E-state index contributed by atoms with van der Waals surface area (Å²) in [6.07, 6.45) is 3.68. The van der Waals surface area contributed by atoms with Crippen molar-refractivity contribution in [1.82, 2.24) is 9.88 Å². The standard InChI is InChI=1S/C11H14N2O2/c1-2-13(9-4-5-9)11(15)8-3-6-10(14)12-7-8/h3,6-7,9H,2,4-5H2,1H3,(H,12,14). The smallest absolute Gasteiger partial charge is 0.255 e. The van der Waals surface area contributed by atoms with Crippen LogP contribution in [0.25, 0.3) is 0 Å². The van der Waals surface area contributed by atoms with Crippen LogP contribution in [0.3, 0.4) is 0 Å². The summed E-state index contributed by atoms with van der Waals surface area (Å²) in [5.74, 6) is 0.0104. The number of H-pyrrole nitrogens is 1. The number of amides is 1. The van der Waals surface area contributed by atoms with Gasteiger partial charge in [0, 0.05) is 24.8 Å². The first-order valence-corrected chi connectivity index (χ1v) is 5.22. The normalized spacial score (nSPS) is 15.0. The fourth-order valence-corrected chi connectivity index (χ4v) is 1.66. The largest absolute Gasteiger partial charge is 0.336 e. The average Bonchev–Trinajstić information content (AvgIpc) is 3.04. The molecule has 0 atom stereocenters. The highest BCUT2D eigenvalue weighted by Gasteiger charge is 2.31. The Hall–Kier alpha value is -1.58. The van der Waals surface area contributed by atoms with Gasteiger partial charge in [-0.1, -0.05) is 0 Å². The average molecular weight is 206 g/mol. The molecular weight excluding hydrogens is 192 g/mol. The Balaban J connectivity index is 2.18. The summed E-state index contributed by atoms with van der Waals surface area (Å²) in [5, 5.41) is 0. The summed E-state index contributed by atoms with van der Waals surface area (Å²) < 4.78 is 0. The van der Waals surface area contributed by atoms with Gasteiger partial charge in [0.2, 0.25) is 5.56 Å². The Bertz CT molecular complexity index is 400. The maximum absolute atomic E-state index is 12.0. The van der Waals surface area contributed by atoms with E-state index in [4.69, 9.17) is 0 Å². The van der Waals surface area contributed by atoms with Crippen molar-refractivity contribution in [1.29, 1.82) is 0 Å². The van der Waals surface area contributed by atoms with E-state index >= 15 is 0 Å². The van der Waals surface area contributed by atoms with Crippen molar-refractivity contribution in [2.45, 2.75) is 25.8 Å². The van der Waals surface area contributed by atoms with Crippen LogP contribution in [-0.2, 0) is 0 Å². The second-order valence-corrected chi connectivity index (χ2v) is 3.76. The van der Waals surface area contributed by atoms with Gasteiger partial charge in [0.25, 0.3) is 5.91 Å². The molecule has 0 radical (unpaired) electrons. The van der Waals surface area contributed by atoms with Crippen LogP contribution >= 0.6 is 0 Å². The maximum atomic E-state index is 12.0. The van der Waals surface area contributed by atoms with Crippen molar-refractivity contribution in [3.63, 3.8) is 0 Å². The van der Waals surface area contributed by atoms with Crippen LogP contribution in [0.5, 0.6) is 0 Å². The van der Waals surface area contributed by atoms with E-state index in [1.54, 1.807) is 6.07 Å². The van der Waals surface area contributed by atoms with E-state index in [1.807, 2.05) is 11.8 Å². The number of hydrogen-bond acceptors (Lipinski definition) is 2. The minimum atomic E-state index is -0.180. The molecule has 1 heterocycles. The molecule has 0 spiro atoms. The fourth-order valence-electron chi connectivity index (χ4n) is 1.66. The lowest BCUT2D eigenvalue weighted by Crippen LogP contribution is -2.33. The Morgan fingerprint density at radius 3 is 2.73 bits per heavy atom. The number of pyridine rings is 1. The van der Waals surface area contributed by atoms with Crippen LogP contribution in [0.4, 0.5) is 0 Å². The molecule has 0 unspecified atom stereocenters. The van der Waals surface area contributed by atoms with Crippen LogP contribution in [0.2, 0.25) is 0 Å². The van der Waals surface area contributed by atoms with Gasteiger partial charge in [-0.05, 0) is 25.8 Å². The molecule has 0 saturated heterocycles. The first kappa shape index (κ1) is 9.96. The predicted octanol–water partition coefficient (Wildman–Crippen LogP) is 0.999. The first-order valence-electron chi connectivity index (χ1n) is 5.22. The topological polar surface area (TPSA) is 53.2 Å². The molecule has 1 saturated carbocycles. The lowest BCUT2D eigenvalue weighted by atomic mass is 10.2. The molecule has 1 aromatic rings. The van der Waals surface area contributed by atoms with E-state index in [2.05, 4.69) is 4.98 Å². The zero-order valence-corrected chi connectivity index (χ0v) is 8.69. The van der Waals surface area contributed by atoms with Crippen LogP contribution < -0.4 is 5.56 Å². The molecular formula is C11H14N2O2. The minimum Gasteiger partial charge on any atom is -0.336 e. The molecule has 0 aliphatic heterocycles. The second kappa shape index (κ2) is 3.88. The van der Waals surface area contributed by atoms with Crippen LogP contribution in [0.1, 0.15) is 30.1 Å². The SMILES string of the molecule is CCN(C(=O)c1ccc(=O)[nH]c1)C1CC1. The third-order valence-corrected chi connectivity index (χ3v) is 2.62. The highest BCUT2D eigenvalue weighted by atomic mass is 16.2. The Labute approximate surface area is 87.9 Å². The summed E-state index contributed by atoms with van der Waals surface area (Å²) in [7, 11) is 0. The van der Waals surface area contributed by atoms with Gasteiger partial charge in [0.05, 0.1) is 5.56 Å². The van der Waals surface area contributed by atoms with E-state index in [1.165, 1.54) is 12.3 Å². The number of carbonyl (C=O) groups excluding carboxylic acids is 1. The van der Waals surface area contributed by atoms with Gasteiger partial charge in [0.15, 0.2) is 0 Å². The Morgan fingerprint density at radius 1 is 1.53 bits per heavy atom. The predicted molar refractivity (Wildman–Crippen MR) is 56.8 cm³/mol. The maximum Gasteiger partial charge on any atom is 0.255 e. The van der Waals surface area contributed by atoms with Crippen molar-refractivity contribution in [3.8, 4) is 0 Å². The zero-order valence-electron chi connectivity index (χ0n) is 8.69. The lowest BCUT2D eigenvalue weighted by Gasteiger charge is -2.19. The van der Waals surface area contributed by atoms with Crippen molar-refractivity contribution < 1.29 is 4.79 Å². The van der Waals surface area contributed by atoms with E-state index in [9.17, 15) is 9.59 Å². The molecule has 2 rings (SSSR count). The third-order valence-electron chi connectivity index (χ3n) is 2.62. The molecule has 1 aromatic heterocycles. The number of aromatic amines is 1. The van der Waals surface area contributed by atoms with Gasteiger partial charge in [-0.2, -0.15) is 0 Å². The summed E-state index contributed by atoms with van der Waals surface area (Å²) in [6.45, 7) is 2.70. The number of nitrogens with one attached hydrogen (secondary N) is 1. The second-order valence-electron chi connectivity index (χ2n) is 3.76. The molecule has 15 heavy (non-hydrogen) atoms. The highest BCUT2D eigenvalue weighted by molar-refractivity contribution is 5.94. The zero-order chi connectivity index (χ0) is 10.8. The lowest BCUT2D eigenvalue weighted by molar-refractivity contribution is 0.0752. The molecule has 0 bridgehead atoms. The molecule has 4 nitrogen and oxygen atoms in total. The van der Waals surface area contributed by atoms with Crippen molar-refractivity contribution in [2.75, 3.05) is 6.54 Å². The summed E-state index contributed by atoms with van der Waals surface area (Å²) in [4.78, 5) is 27.2. The van der Waals surface area contributed by atoms with Gasteiger partial charge >= 0.3 is 0 Å². The van der Waals surface area contributed by atoms with Crippen molar-refractivity contribution in [3.05, 3.63) is 34.2 Å². The molecule has 1 fully saturated rings. The van der Waals surface area contributed by atoms with Crippen LogP contribution in [-0.4, -0.2) is 28.4 Å². The monoisotopic (exact) mass is 206 g/mol. The van der Waals surface area contributed by atoms with Crippen LogP contribution in [0.15, 0.2) is 23.1 Å². The molecule has 0 aromatic carbocycles. The number of hydrogen-bond donors (Lipinski definition) is 1. The summed E-state index contributed by atoms with van der Waals surface area (Å²) in [5.41, 5.74) is 0.379. The van der Waals surface area contributed by atoms with E-state index < -0.39 is 0 Å². The highest BCUT2D eigenvalue weighted by Crippen LogP contribution is 2.27. The number of nitrogens with zero attached hydrogens (tertiary/aromatic N) is 1.